The van der Waals surface area contributed by atoms with E-state index < -0.39 is 0 Å². The number of para-hydroxylation sites is 1. The second-order valence-electron chi connectivity index (χ2n) is 9.04. The summed E-state index contributed by atoms with van der Waals surface area (Å²) in [5, 5.41) is 8.66. The molecule has 1 fully saturated rings. The summed E-state index contributed by atoms with van der Waals surface area (Å²) in [6, 6.07) is 18.3. The summed E-state index contributed by atoms with van der Waals surface area (Å²) < 4.78 is 1.75. The second kappa shape index (κ2) is 9.35. The third-order valence-electron chi connectivity index (χ3n) is 6.49. The molecular weight excluding hydrogens is 450 g/mol. The molecule has 1 aliphatic rings. The lowest BCUT2D eigenvalue weighted by Crippen LogP contribution is -2.44. The topological polar surface area (TPSA) is 87.9 Å². The number of nitrogens with zero attached hydrogens (tertiary/aromatic N) is 8. The largest absolute Gasteiger partial charge is 0.354 e. The van der Waals surface area contributed by atoms with Crippen LogP contribution in [0.2, 0.25) is 0 Å². The molecule has 1 saturated heterocycles. The van der Waals surface area contributed by atoms with Gasteiger partial charge in [-0.2, -0.15) is 5.10 Å². The average molecular weight is 478 g/mol. The number of fused-ring (bicyclic) bond motifs is 1. The molecule has 0 amide bonds. The van der Waals surface area contributed by atoms with Crippen LogP contribution in [0.1, 0.15) is 5.82 Å². The molecule has 0 radical (unpaired) electrons. The SMILES string of the molecule is Cc1ncn(-c2ccc(Nc3ncc4cccc(-c5ccc(N6CCN(C)CC6)nc5)c4n3)cc2)n1. The maximum atomic E-state index is 4.86. The van der Waals surface area contributed by atoms with Crippen molar-refractivity contribution in [2.45, 2.75) is 6.92 Å². The van der Waals surface area contributed by atoms with E-state index in [0.717, 1.165) is 71.2 Å². The van der Waals surface area contributed by atoms with Gasteiger partial charge in [0.2, 0.25) is 5.95 Å². The summed E-state index contributed by atoms with van der Waals surface area (Å²) in [5.74, 6) is 2.30. The highest BCUT2D eigenvalue weighted by Crippen LogP contribution is 2.29. The van der Waals surface area contributed by atoms with E-state index in [0.29, 0.717) is 5.95 Å². The summed E-state index contributed by atoms with van der Waals surface area (Å²) in [4.78, 5) is 23.0. The Morgan fingerprint density at radius 1 is 0.833 bits per heavy atom. The Morgan fingerprint density at radius 2 is 1.67 bits per heavy atom. The van der Waals surface area contributed by atoms with Crippen LogP contribution in [0.3, 0.4) is 0 Å². The highest BCUT2D eigenvalue weighted by atomic mass is 15.3. The van der Waals surface area contributed by atoms with Gasteiger partial charge in [0, 0.05) is 60.8 Å². The first-order valence-electron chi connectivity index (χ1n) is 12.0. The normalized spacial score (nSPS) is 14.3. The zero-order valence-corrected chi connectivity index (χ0v) is 20.3. The Kier molecular flexibility index (Phi) is 5.74. The molecule has 36 heavy (non-hydrogen) atoms. The van der Waals surface area contributed by atoms with Crippen LogP contribution in [-0.2, 0) is 0 Å². The zero-order chi connectivity index (χ0) is 24.5. The number of aryl methyl sites for hydroxylation is 1. The Labute approximate surface area is 209 Å². The van der Waals surface area contributed by atoms with Gasteiger partial charge in [-0.05, 0) is 50.4 Å². The first-order valence-corrected chi connectivity index (χ1v) is 12.0. The van der Waals surface area contributed by atoms with Crippen LogP contribution in [0.5, 0.6) is 0 Å². The fourth-order valence-corrected chi connectivity index (χ4v) is 4.41. The van der Waals surface area contributed by atoms with Crippen molar-refractivity contribution < 1.29 is 0 Å². The monoisotopic (exact) mass is 477 g/mol. The van der Waals surface area contributed by atoms with Crippen molar-refractivity contribution in [3.8, 4) is 16.8 Å². The molecule has 0 spiro atoms. The van der Waals surface area contributed by atoms with E-state index in [4.69, 9.17) is 9.97 Å². The van der Waals surface area contributed by atoms with Crippen LogP contribution < -0.4 is 10.2 Å². The Bertz CT molecular complexity index is 1480. The van der Waals surface area contributed by atoms with Crippen molar-refractivity contribution in [2.24, 2.45) is 0 Å². The predicted molar refractivity (Wildman–Crippen MR) is 142 cm³/mol. The van der Waals surface area contributed by atoms with Crippen molar-refractivity contribution in [2.75, 3.05) is 43.4 Å². The average Bonchev–Trinajstić information content (AvgIpc) is 3.35. The lowest BCUT2D eigenvalue weighted by molar-refractivity contribution is 0.312. The fraction of sp³-hybridized carbons (Fsp3) is 0.222. The van der Waals surface area contributed by atoms with Gasteiger partial charge in [0.25, 0.3) is 0 Å². The summed E-state index contributed by atoms with van der Waals surface area (Å²) in [6.45, 7) is 5.98. The fourth-order valence-electron chi connectivity index (χ4n) is 4.41. The van der Waals surface area contributed by atoms with E-state index in [-0.39, 0.29) is 0 Å². The van der Waals surface area contributed by atoms with E-state index in [1.165, 1.54) is 0 Å². The molecule has 3 aromatic heterocycles. The smallest absolute Gasteiger partial charge is 0.227 e. The van der Waals surface area contributed by atoms with Gasteiger partial charge in [-0.1, -0.05) is 18.2 Å². The van der Waals surface area contributed by atoms with E-state index >= 15 is 0 Å². The van der Waals surface area contributed by atoms with Crippen LogP contribution in [0.4, 0.5) is 17.5 Å². The molecule has 180 valence electrons. The molecule has 9 nitrogen and oxygen atoms in total. The molecule has 1 aliphatic heterocycles. The molecule has 0 aliphatic carbocycles. The molecule has 4 heterocycles. The standard InChI is InChI=1S/C27H27N9/c1-19-30-18-36(33-19)23-9-7-22(8-10-23)31-27-29-17-21-4-3-5-24(26(21)32-27)20-6-11-25(28-16-20)35-14-12-34(2)13-15-35/h3-11,16-18H,12-15H2,1-2H3,(H,29,31,32). The van der Waals surface area contributed by atoms with Crippen molar-refractivity contribution in [1.82, 2.24) is 34.6 Å². The van der Waals surface area contributed by atoms with Gasteiger partial charge in [0.05, 0.1) is 11.2 Å². The second-order valence-corrected chi connectivity index (χ2v) is 9.04. The van der Waals surface area contributed by atoms with Crippen molar-refractivity contribution in [3.05, 3.63) is 79.1 Å². The lowest BCUT2D eigenvalue weighted by atomic mass is 10.0. The number of piperazine rings is 1. The molecular formula is C27H27N9. The number of rotatable bonds is 5. The molecule has 5 aromatic rings. The van der Waals surface area contributed by atoms with E-state index in [9.17, 15) is 0 Å². The van der Waals surface area contributed by atoms with Gasteiger partial charge >= 0.3 is 0 Å². The quantitative estimate of drug-likeness (QED) is 0.405. The molecule has 6 rings (SSSR count). The number of likely N-dealkylation sites (N-methyl/N-ethyl adjacent to an activating group) is 1. The van der Waals surface area contributed by atoms with Gasteiger partial charge in [-0.25, -0.2) is 24.6 Å². The van der Waals surface area contributed by atoms with Crippen LogP contribution in [0.15, 0.2) is 73.3 Å². The number of anilines is 3. The maximum absolute atomic E-state index is 4.86. The van der Waals surface area contributed by atoms with Gasteiger partial charge in [-0.3, -0.25) is 0 Å². The van der Waals surface area contributed by atoms with Gasteiger partial charge < -0.3 is 15.1 Å². The predicted octanol–water partition coefficient (Wildman–Crippen LogP) is 4.08. The number of benzene rings is 2. The van der Waals surface area contributed by atoms with Crippen LogP contribution in [0, 0.1) is 6.92 Å². The van der Waals surface area contributed by atoms with Crippen molar-refractivity contribution in [3.63, 3.8) is 0 Å². The molecule has 2 aromatic carbocycles. The third kappa shape index (κ3) is 4.48. The number of nitrogens with one attached hydrogen (secondary N) is 1. The minimum absolute atomic E-state index is 0.543. The molecule has 9 heteroatoms. The summed E-state index contributed by atoms with van der Waals surface area (Å²) in [7, 11) is 2.16. The molecule has 0 saturated carbocycles. The Balaban J connectivity index is 1.25. The Hall–Kier alpha value is -4.37. The van der Waals surface area contributed by atoms with Crippen molar-refractivity contribution >= 4 is 28.4 Å². The third-order valence-corrected chi connectivity index (χ3v) is 6.49. The lowest BCUT2D eigenvalue weighted by Gasteiger charge is -2.33. The van der Waals surface area contributed by atoms with Gasteiger partial charge in [0.15, 0.2) is 0 Å². The number of pyridine rings is 1. The van der Waals surface area contributed by atoms with E-state index in [2.05, 4.69) is 55.4 Å². The van der Waals surface area contributed by atoms with Gasteiger partial charge in [-0.15, -0.1) is 0 Å². The van der Waals surface area contributed by atoms with Crippen LogP contribution in [-0.4, -0.2) is 67.8 Å². The first kappa shape index (κ1) is 22.1. The molecule has 0 atom stereocenters. The van der Waals surface area contributed by atoms with Crippen LogP contribution >= 0.6 is 0 Å². The van der Waals surface area contributed by atoms with Crippen molar-refractivity contribution in [1.29, 1.82) is 0 Å². The number of aromatic nitrogens is 6. The highest BCUT2D eigenvalue weighted by Gasteiger charge is 2.16. The van der Waals surface area contributed by atoms with Crippen LogP contribution in [0.25, 0.3) is 27.7 Å². The van der Waals surface area contributed by atoms with E-state index in [1.807, 2.05) is 55.7 Å². The summed E-state index contributed by atoms with van der Waals surface area (Å²) in [5.41, 5.74) is 4.79. The van der Waals surface area contributed by atoms with Gasteiger partial charge in [0.1, 0.15) is 18.0 Å². The zero-order valence-electron chi connectivity index (χ0n) is 20.3. The highest BCUT2D eigenvalue weighted by molar-refractivity contribution is 5.93. The minimum Gasteiger partial charge on any atom is -0.354 e. The van der Waals surface area contributed by atoms with E-state index in [1.54, 1.807) is 11.0 Å². The Morgan fingerprint density at radius 3 is 2.39 bits per heavy atom. The number of hydrogen-bond donors (Lipinski definition) is 1. The summed E-state index contributed by atoms with van der Waals surface area (Å²) in [6.07, 6.45) is 5.51. The maximum Gasteiger partial charge on any atom is 0.227 e. The number of hydrogen-bond acceptors (Lipinski definition) is 8. The molecule has 0 bridgehead atoms. The first-order chi connectivity index (χ1) is 17.6. The summed E-state index contributed by atoms with van der Waals surface area (Å²) >= 11 is 0. The minimum atomic E-state index is 0.543. The molecule has 1 N–H and O–H groups in total. The molecule has 0 unspecified atom stereocenters.